The number of aromatic nitrogens is 3. The second-order valence-electron chi connectivity index (χ2n) is 5.51. The summed E-state index contributed by atoms with van der Waals surface area (Å²) in [4.78, 5) is 21.6. The van der Waals surface area contributed by atoms with Crippen LogP contribution in [0, 0.1) is 6.92 Å². The van der Waals surface area contributed by atoms with Crippen LogP contribution in [0.5, 0.6) is 0 Å². The van der Waals surface area contributed by atoms with Gasteiger partial charge in [0.2, 0.25) is 5.95 Å². The van der Waals surface area contributed by atoms with Crippen LogP contribution in [0.2, 0.25) is 0 Å². The van der Waals surface area contributed by atoms with Crippen LogP contribution in [-0.2, 0) is 6.54 Å². The molecule has 2 aromatic rings. The van der Waals surface area contributed by atoms with E-state index in [9.17, 15) is 0 Å². The Labute approximate surface area is 159 Å². The van der Waals surface area contributed by atoms with Crippen molar-refractivity contribution >= 4 is 35.9 Å². The zero-order valence-electron chi connectivity index (χ0n) is 13.7. The van der Waals surface area contributed by atoms with Crippen LogP contribution in [0.15, 0.2) is 41.8 Å². The lowest BCUT2D eigenvalue weighted by Crippen LogP contribution is -2.51. The van der Waals surface area contributed by atoms with Gasteiger partial charge in [-0.2, -0.15) is 0 Å². The number of aryl methyl sites for hydroxylation is 1. The van der Waals surface area contributed by atoms with Crippen LogP contribution >= 0.6 is 24.0 Å². The SMILES string of the molecule is Cc1ccc(CN=C(N)N2CCN(c3ncccn3)CC2)cn1.I. The molecule has 1 aliphatic rings. The van der Waals surface area contributed by atoms with Crippen LogP contribution in [0.3, 0.4) is 0 Å². The lowest BCUT2D eigenvalue weighted by molar-refractivity contribution is 0.378. The van der Waals surface area contributed by atoms with Gasteiger partial charge in [-0.1, -0.05) is 6.07 Å². The number of piperazine rings is 1. The number of nitrogens with zero attached hydrogens (tertiary/aromatic N) is 6. The number of guanidine groups is 1. The van der Waals surface area contributed by atoms with Crippen molar-refractivity contribution < 1.29 is 0 Å². The van der Waals surface area contributed by atoms with Crippen LogP contribution in [0.4, 0.5) is 5.95 Å². The second-order valence-corrected chi connectivity index (χ2v) is 5.51. The van der Waals surface area contributed by atoms with E-state index in [1.165, 1.54) is 0 Å². The first-order valence-corrected chi connectivity index (χ1v) is 7.71. The van der Waals surface area contributed by atoms with Gasteiger partial charge in [0.05, 0.1) is 6.54 Å². The van der Waals surface area contributed by atoms with Crippen molar-refractivity contribution in [3.8, 4) is 0 Å². The summed E-state index contributed by atoms with van der Waals surface area (Å²) in [7, 11) is 0. The van der Waals surface area contributed by atoms with Gasteiger partial charge in [0.25, 0.3) is 0 Å². The normalized spacial score (nSPS) is 15.1. The minimum Gasteiger partial charge on any atom is -0.370 e. The van der Waals surface area contributed by atoms with Crippen molar-refractivity contribution in [3.05, 3.63) is 48.0 Å². The summed E-state index contributed by atoms with van der Waals surface area (Å²) >= 11 is 0. The number of aliphatic imine (C=N–C) groups is 1. The van der Waals surface area contributed by atoms with Crippen molar-refractivity contribution in [1.29, 1.82) is 0 Å². The highest BCUT2D eigenvalue weighted by Crippen LogP contribution is 2.09. The Bertz CT molecular complexity index is 652. The summed E-state index contributed by atoms with van der Waals surface area (Å²) in [6.45, 7) is 5.84. The average Bonchev–Trinajstić information content (AvgIpc) is 2.62. The first-order chi connectivity index (χ1) is 11.2. The lowest BCUT2D eigenvalue weighted by atomic mass is 10.2. The predicted molar refractivity (Wildman–Crippen MR) is 106 cm³/mol. The van der Waals surface area contributed by atoms with E-state index in [2.05, 4.69) is 29.7 Å². The molecule has 0 saturated carbocycles. The van der Waals surface area contributed by atoms with E-state index >= 15 is 0 Å². The van der Waals surface area contributed by atoms with E-state index < -0.39 is 0 Å². The number of rotatable bonds is 3. The molecule has 2 aromatic heterocycles. The Kier molecular flexibility index (Phi) is 6.71. The van der Waals surface area contributed by atoms with Gasteiger partial charge >= 0.3 is 0 Å². The molecule has 2 N–H and O–H groups in total. The average molecular weight is 439 g/mol. The second kappa shape index (κ2) is 8.76. The van der Waals surface area contributed by atoms with Crippen LogP contribution in [0.1, 0.15) is 11.3 Å². The fourth-order valence-electron chi connectivity index (χ4n) is 2.45. The third-order valence-corrected chi connectivity index (χ3v) is 3.83. The van der Waals surface area contributed by atoms with Gasteiger partial charge in [0.15, 0.2) is 5.96 Å². The molecule has 128 valence electrons. The molecule has 1 aliphatic heterocycles. The monoisotopic (exact) mass is 439 g/mol. The summed E-state index contributed by atoms with van der Waals surface area (Å²) in [6.07, 6.45) is 5.37. The predicted octanol–water partition coefficient (Wildman–Crippen LogP) is 1.43. The number of anilines is 1. The summed E-state index contributed by atoms with van der Waals surface area (Å²) in [5, 5.41) is 0. The number of hydrogen-bond donors (Lipinski definition) is 1. The minimum atomic E-state index is 0. The fourth-order valence-corrected chi connectivity index (χ4v) is 2.45. The van der Waals surface area contributed by atoms with E-state index in [4.69, 9.17) is 5.73 Å². The third-order valence-electron chi connectivity index (χ3n) is 3.83. The highest BCUT2D eigenvalue weighted by molar-refractivity contribution is 14.0. The van der Waals surface area contributed by atoms with E-state index in [1.54, 1.807) is 12.4 Å². The molecule has 3 heterocycles. The van der Waals surface area contributed by atoms with Gasteiger partial charge in [-0.3, -0.25) is 4.98 Å². The Balaban J connectivity index is 0.00000208. The molecule has 7 nitrogen and oxygen atoms in total. The summed E-state index contributed by atoms with van der Waals surface area (Å²) in [6, 6.07) is 5.84. The Morgan fingerprint density at radius 1 is 1.12 bits per heavy atom. The molecule has 0 radical (unpaired) electrons. The molecule has 0 atom stereocenters. The molecule has 1 fully saturated rings. The van der Waals surface area contributed by atoms with Gasteiger partial charge in [-0.05, 0) is 24.6 Å². The first-order valence-electron chi connectivity index (χ1n) is 7.71. The van der Waals surface area contributed by atoms with E-state index in [1.807, 2.05) is 31.3 Å². The maximum Gasteiger partial charge on any atom is 0.225 e. The maximum absolute atomic E-state index is 6.12. The molecule has 0 unspecified atom stereocenters. The van der Waals surface area contributed by atoms with Crippen molar-refractivity contribution in [1.82, 2.24) is 19.9 Å². The van der Waals surface area contributed by atoms with Crippen molar-refractivity contribution in [2.75, 3.05) is 31.1 Å². The summed E-state index contributed by atoms with van der Waals surface area (Å²) in [5.41, 5.74) is 8.19. The topological polar surface area (TPSA) is 83.5 Å². The molecule has 1 saturated heterocycles. The highest BCUT2D eigenvalue weighted by atomic mass is 127. The number of nitrogens with two attached hydrogens (primary N) is 1. The number of pyridine rings is 1. The Morgan fingerprint density at radius 3 is 2.46 bits per heavy atom. The lowest BCUT2D eigenvalue weighted by Gasteiger charge is -2.35. The molecular weight excluding hydrogens is 417 g/mol. The molecule has 0 spiro atoms. The third kappa shape index (κ3) is 4.76. The largest absolute Gasteiger partial charge is 0.370 e. The summed E-state index contributed by atoms with van der Waals surface area (Å²) in [5.74, 6) is 1.35. The van der Waals surface area contributed by atoms with Gasteiger partial charge in [0, 0.05) is 50.5 Å². The van der Waals surface area contributed by atoms with Gasteiger partial charge in [-0.15, -0.1) is 24.0 Å². The van der Waals surface area contributed by atoms with Gasteiger partial charge in [-0.25, -0.2) is 15.0 Å². The zero-order chi connectivity index (χ0) is 16.1. The van der Waals surface area contributed by atoms with Crippen LogP contribution in [0.25, 0.3) is 0 Å². The van der Waals surface area contributed by atoms with E-state index in [0.717, 1.165) is 43.4 Å². The van der Waals surface area contributed by atoms with Crippen LogP contribution in [-0.4, -0.2) is 52.0 Å². The molecule has 0 aliphatic carbocycles. The Hall–Kier alpha value is -1.97. The van der Waals surface area contributed by atoms with Crippen molar-refractivity contribution in [2.45, 2.75) is 13.5 Å². The molecule has 0 bridgehead atoms. The quantitative estimate of drug-likeness (QED) is 0.443. The highest BCUT2D eigenvalue weighted by Gasteiger charge is 2.19. The van der Waals surface area contributed by atoms with Gasteiger partial charge < -0.3 is 15.5 Å². The van der Waals surface area contributed by atoms with E-state index in [0.29, 0.717) is 12.5 Å². The standard InChI is InChI=1S/C16H21N7.HI/c1-13-3-4-14(11-20-13)12-21-15(17)22-7-9-23(10-8-22)16-18-5-2-6-19-16;/h2-6,11H,7-10,12H2,1H3,(H2,17,21);1H. The van der Waals surface area contributed by atoms with Crippen molar-refractivity contribution in [2.24, 2.45) is 10.7 Å². The first kappa shape index (κ1) is 18.4. The van der Waals surface area contributed by atoms with Gasteiger partial charge in [0.1, 0.15) is 0 Å². The molecular formula is C16H22IN7. The number of halogens is 1. The molecule has 0 amide bonds. The zero-order valence-corrected chi connectivity index (χ0v) is 16.0. The van der Waals surface area contributed by atoms with Crippen LogP contribution < -0.4 is 10.6 Å². The molecule has 3 rings (SSSR count). The smallest absolute Gasteiger partial charge is 0.225 e. The summed E-state index contributed by atoms with van der Waals surface area (Å²) < 4.78 is 0. The van der Waals surface area contributed by atoms with E-state index in [-0.39, 0.29) is 24.0 Å². The fraction of sp³-hybridized carbons (Fsp3) is 0.375. The minimum absolute atomic E-state index is 0. The molecule has 24 heavy (non-hydrogen) atoms. The number of hydrogen-bond acceptors (Lipinski definition) is 5. The Morgan fingerprint density at radius 2 is 1.83 bits per heavy atom. The van der Waals surface area contributed by atoms with Crippen molar-refractivity contribution in [3.63, 3.8) is 0 Å². The molecule has 0 aromatic carbocycles. The molecule has 8 heteroatoms. The maximum atomic E-state index is 6.12.